The van der Waals surface area contributed by atoms with Crippen molar-refractivity contribution in [2.24, 2.45) is 0 Å². The molecule has 1 fully saturated rings. The molecule has 32 heavy (non-hydrogen) atoms. The largest absolute Gasteiger partial charge is 0.490 e. The summed E-state index contributed by atoms with van der Waals surface area (Å²) in [4.78, 5) is 19.3. The average Bonchev–Trinajstić information content (AvgIpc) is 3.49. The normalized spacial score (nSPS) is 14.3. The molecule has 1 atom stereocenters. The van der Waals surface area contributed by atoms with E-state index in [4.69, 9.17) is 4.74 Å². The van der Waals surface area contributed by atoms with Gasteiger partial charge in [-0.15, -0.1) is 0 Å². The fraction of sp³-hybridized carbons (Fsp3) is 0.240. The van der Waals surface area contributed by atoms with Crippen LogP contribution in [0, 0.1) is 5.82 Å². The Morgan fingerprint density at radius 2 is 2.03 bits per heavy atom. The summed E-state index contributed by atoms with van der Waals surface area (Å²) in [6.45, 7) is 1.96. The lowest BCUT2D eigenvalue weighted by molar-refractivity contribution is 0.0743. The minimum absolute atomic E-state index is 0.138. The minimum Gasteiger partial charge on any atom is -0.490 e. The number of nitrogens with zero attached hydrogens (tertiary/aromatic N) is 3. The first-order chi connectivity index (χ1) is 15.5. The highest BCUT2D eigenvalue weighted by molar-refractivity contribution is 5.96. The van der Waals surface area contributed by atoms with Gasteiger partial charge < -0.3 is 9.64 Å². The summed E-state index contributed by atoms with van der Waals surface area (Å²) in [7, 11) is 1.77. The second kappa shape index (κ2) is 8.07. The van der Waals surface area contributed by atoms with Gasteiger partial charge in [0.15, 0.2) is 0 Å². The van der Waals surface area contributed by atoms with Crippen LogP contribution in [0.5, 0.6) is 5.75 Å². The van der Waals surface area contributed by atoms with Gasteiger partial charge in [0.05, 0.1) is 23.9 Å². The number of hydrogen-bond acceptors (Lipinski definition) is 4. The van der Waals surface area contributed by atoms with Crippen molar-refractivity contribution < 1.29 is 13.9 Å². The monoisotopic (exact) mass is 430 g/mol. The second-order valence-corrected chi connectivity index (χ2v) is 8.19. The summed E-state index contributed by atoms with van der Waals surface area (Å²) in [6.07, 6.45) is 7.33. The van der Waals surface area contributed by atoms with Gasteiger partial charge in [-0.3, -0.25) is 14.9 Å². The molecule has 0 unspecified atom stereocenters. The fourth-order valence-corrected chi connectivity index (χ4v) is 3.80. The maximum absolute atomic E-state index is 13.8. The molecule has 1 aliphatic carbocycles. The van der Waals surface area contributed by atoms with Crippen molar-refractivity contribution in [1.29, 1.82) is 0 Å². The molecule has 1 N–H and O–H groups in total. The SMILES string of the molecule is C[C@H](c1cncc2cn[nH]c12)N(C)C(=O)c1ccc(-c2cccc(F)c2)c(OC2CC2)c1. The van der Waals surface area contributed by atoms with Crippen molar-refractivity contribution in [1.82, 2.24) is 20.1 Å². The van der Waals surface area contributed by atoms with Crippen LogP contribution in [-0.4, -0.2) is 39.1 Å². The highest BCUT2D eigenvalue weighted by Gasteiger charge is 2.27. The number of aromatic amines is 1. The molecule has 2 aromatic carbocycles. The third kappa shape index (κ3) is 3.82. The quantitative estimate of drug-likeness (QED) is 0.460. The molecule has 1 amide bonds. The number of pyridine rings is 1. The molecule has 4 aromatic rings. The lowest BCUT2D eigenvalue weighted by Crippen LogP contribution is -2.30. The van der Waals surface area contributed by atoms with Gasteiger partial charge in [-0.25, -0.2) is 4.39 Å². The third-order valence-electron chi connectivity index (χ3n) is 5.92. The summed E-state index contributed by atoms with van der Waals surface area (Å²) < 4.78 is 19.9. The van der Waals surface area contributed by atoms with Gasteiger partial charge >= 0.3 is 0 Å². The number of rotatable bonds is 6. The number of ether oxygens (including phenoxy) is 1. The molecule has 1 aliphatic rings. The first kappa shape index (κ1) is 20.2. The highest BCUT2D eigenvalue weighted by atomic mass is 19.1. The lowest BCUT2D eigenvalue weighted by atomic mass is 10.0. The van der Waals surface area contributed by atoms with E-state index in [1.807, 2.05) is 19.1 Å². The molecule has 0 saturated heterocycles. The lowest BCUT2D eigenvalue weighted by Gasteiger charge is -2.26. The number of fused-ring (bicyclic) bond motifs is 1. The van der Waals surface area contributed by atoms with Gasteiger partial charge in [0, 0.05) is 41.5 Å². The smallest absolute Gasteiger partial charge is 0.254 e. The average molecular weight is 430 g/mol. The Hall–Kier alpha value is -3.74. The Labute approximate surface area is 185 Å². The predicted octanol–water partition coefficient (Wildman–Crippen LogP) is 5.14. The molecular formula is C25H23FN4O2. The number of amides is 1. The fourth-order valence-electron chi connectivity index (χ4n) is 3.80. The summed E-state index contributed by atoms with van der Waals surface area (Å²) >= 11 is 0. The van der Waals surface area contributed by atoms with E-state index in [9.17, 15) is 9.18 Å². The van der Waals surface area contributed by atoms with E-state index in [0.717, 1.165) is 40.4 Å². The molecule has 0 bridgehead atoms. The van der Waals surface area contributed by atoms with E-state index in [0.29, 0.717) is 11.3 Å². The van der Waals surface area contributed by atoms with Gasteiger partial charge in [-0.05, 0) is 55.7 Å². The van der Waals surface area contributed by atoms with Crippen LogP contribution in [0.4, 0.5) is 4.39 Å². The molecular weight excluding hydrogens is 407 g/mol. The van der Waals surface area contributed by atoms with Crippen LogP contribution in [0.2, 0.25) is 0 Å². The van der Waals surface area contributed by atoms with Crippen LogP contribution in [0.1, 0.15) is 41.7 Å². The summed E-state index contributed by atoms with van der Waals surface area (Å²) in [6, 6.07) is 11.5. The Balaban J connectivity index is 1.47. The predicted molar refractivity (Wildman–Crippen MR) is 120 cm³/mol. The minimum atomic E-state index is -0.310. The van der Waals surface area contributed by atoms with Crippen LogP contribution in [0.15, 0.2) is 61.1 Å². The zero-order valence-corrected chi connectivity index (χ0v) is 17.9. The zero-order chi connectivity index (χ0) is 22.2. The Morgan fingerprint density at radius 3 is 2.81 bits per heavy atom. The number of carbonyl (C=O) groups is 1. The van der Waals surface area contributed by atoms with Crippen LogP contribution >= 0.6 is 0 Å². The molecule has 6 nitrogen and oxygen atoms in total. The first-order valence-electron chi connectivity index (χ1n) is 10.6. The zero-order valence-electron chi connectivity index (χ0n) is 17.9. The number of H-pyrrole nitrogens is 1. The van der Waals surface area contributed by atoms with Crippen LogP contribution in [-0.2, 0) is 0 Å². The first-order valence-corrected chi connectivity index (χ1v) is 10.6. The molecule has 0 radical (unpaired) electrons. The molecule has 0 spiro atoms. The number of carbonyl (C=O) groups excluding carboxylic acids is 1. The van der Waals surface area contributed by atoms with E-state index >= 15 is 0 Å². The summed E-state index contributed by atoms with van der Waals surface area (Å²) in [5, 5.41) is 7.97. The molecule has 1 saturated carbocycles. The Morgan fingerprint density at radius 1 is 1.19 bits per heavy atom. The maximum Gasteiger partial charge on any atom is 0.254 e. The van der Waals surface area contributed by atoms with Crippen molar-refractivity contribution in [2.75, 3.05) is 7.05 Å². The molecule has 7 heteroatoms. The Kier molecular flexibility index (Phi) is 5.09. The van der Waals surface area contributed by atoms with Crippen molar-refractivity contribution in [3.05, 3.63) is 78.0 Å². The molecule has 2 aromatic heterocycles. The molecule has 2 heterocycles. The van der Waals surface area contributed by atoms with E-state index in [1.54, 1.807) is 48.7 Å². The van der Waals surface area contributed by atoms with E-state index in [2.05, 4.69) is 15.2 Å². The standard InChI is InChI=1S/C25H23FN4O2/c1-15(22-14-27-12-18-13-28-29-24(18)22)30(2)25(31)17-6-9-21(16-4-3-5-19(26)10-16)23(11-17)32-20-7-8-20/h3-6,9-15,20H,7-8H2,1-2H3,(H,28,29)/t15-/m1/s1. The van der Waals surface area contributed by atoms with E-state index < -0.39 is 0 Å². The molecule has 5 rings (SSSR count). The highest BCUT2D eigenvalue weighted by Crippen LogP contribution is 2.36. The number of nitrogens with one attached hydrogen (secondary N) is 1. The molecule has 162 valence electrons. The van der Waals surface area contributed by atoms with Crippen molar-refractivity contribution in [3.8, 4) is 16.9 Å². The number of halogens is 1. The maximum atomic E-state index is 13.8. The van der Waals surface area contributed by atoms with Crippen molar-refractivity contribution >= 4 is 16.8 Å². The third-order valence-corrected chi connectivity index (χ3v) is 5.92. The summed E-state index contributed by atoms with van der Waals surface area (Å²) in [5.41, 5.74) is 3.77. The van der Waals surface area contributed by atoms with Crippen molar-refractivity contribution in [3.63, 3.8) is 0 Å². The molecule has 0 aliphatic heterocycles. The van der Waals surface area contributed by atoms with Crippen molar-refractivity contribution in [2.45, 2.75) is 31.9 Å². The van der Waals surface area contributed by atoms with Crippen LogP contribution < -0.4 is 4.74 Å². The topological polar surface area (TPSA) is 71.1 Å². The Bertz CT molecular complexity index is 1300. The van der Waals surface area contributed by atoms with Crippen LogP contribution in [0.3, 0.4) is 0 Å². The van der Waals surface area contributed by atoms with Crippen LogP contribution in [0.25, 0.3) is 22.0 Å². The number of aromatic nitrogens is 3. The van der Waals surface area contributed by atoms with Gasteiger partial charge in [0.25, 0.3) is 5.91 Å². The van der Waals surface area contributed by atoms with Gasteiger partial charge in [0.2, 0.25) is 0 Å². The summed E-state index contributed by atoms with van der Waals surface area (Å²) in [5.74, 6) is 0.151. The number of benzene rings is 2. The van der Waals surface area contributed by atoms with Gasteiger partial charge in [-0.2, -0.15) is 5.10 Å². The van der Waals surface area contributed by atoms with E-state index in [1.165, 1.54) is 12.1 Å². The van der Waals surface area contributed by atoms with E-state index in [-0.39, 0.29) is 23.9 Å². The second-order valence-electron chi connectivity index (χ2n) is 8.19. The number of hydrogen-bond donors (Lipinski definition) is 1. The van der Waals surface area contributed by atoms with Gasteiger partial charge in [0.1, 0.15) is 11.6 Å². The van der Waals surface area contributed by atoms with Gasteiger partial charge in [-0.1, -0.05) is 12.1 Å².